The summed E-state index contributed by atoms with van der Waals surface area (Å²) in [5.41, 5.74) is 0.721. The Morgan fingerprint density at radius 3 is 2.20 bits per heavy atom. The molecule has 0 spiro atoms. The quantitative estimate of drug-likeness (QED) is 0.460. The van der Waals surface area contributed by atoms with Gasteiger partial charge in [0.1, 0.15) is 5.82 Å². The van der Waals surface area contributed by atoms with Crippen molar-refractivity contribution in [1.82, 2.24) is 4.72 Å². The second-order valence-corrected chi connectivity index (χ2v) is 8.12. The first-order chi connectivity index (χ1) is 14.1. The minimum absolute atomic E-state index is 0.0482. The van der Waals surface area contributed by atoms with E-state index in [1.807, 2.05) is 0 Å². The van der Waals surface area contributed by atoms with Gasteiger partial charge in [0.2, 0.25) is 10.0 Å². The van der Waals surface area contributed by atoms with Gasteiger partial charge in [-0.1, -0.05) is 12.1 Å². The summed E-state index contributed by atoms with van der Waals surface area (Å²) in [7, 11) is -3.87. The molecular weight excluding hydrogens is 415 g/mol. The molecule has 0 saturated carbocycles. The Labute approximate surface area is 173 Å². The number of benzene rings is 2. The number of amides is 1. The molecule has 2 aromatic carbocycles. The Kier molecular flexibility index (Phi) is 7.79. The number of nitrogens with one attached hydrogen (secondary N) is 2. The van der Waals surface area contributed by atoms with Gasteiger partial charge in [-0.05, 0) is 50.2 Å². The average molecular weight is 436 g/mol. The number of rotatable bonds is 9. The highest BCUT2D eigenvalue weighted by Gasteiger charge is 2.19. The fourth-order valence-corrected chi connectivity index (χ4v) is 3.36. The van der Waals surface area contributed by atoms with E-state index in [1.54, 1.807) is 0 Å². The molecule has 0 unspecified atom stereocenters. The monoisotopic (exact) mass is 436 g/mol. The smallest absolute Gasteiger partial charge is 0.307 e. The van der Waals surface area contributed by atoms with Crippen LogP contribution in [0.25, 0.3) is 0 Å². The topological polar surface area (TPSA) is 119 Å². The number of sulfonamides is 1. The maximum atomic E-state index is 12.9. The van der Waals surface area contributed by atoms with Crippen LogP contribution < -0.4 is 10.0 Å². The van der Waals surface area contributed by atoms with Crippen LogP contribution in [0.1, 0.15) is 30.6 Å². The molecule has 1 atom stereocenters. The second kappa shape index (κ2) is 10.1. The van der Waals surface area contributed by atoms with Gasteiger partial charge in [-0.15, -0.1) is 0 Å². The van der Waals surface area contributed by atoms with E-state index in [0.29, 0.717) is 11.3 Å². The lowest BCUT2D eigenvalue weighted by atomic mass is 10.2. The number of ketones is 1. The van der Waals surface area contributed by atoms with E-state index in [4.69, 9.17) is 4.74 Å². The van der Waals surface area contributed by atoms with E-state index < -0.39 is 33.8 Å². The van der Waals surface area contributed by atoms with Gasteiger partial charge < -0.3 is 10.1 Å². The maximum absolute atomic E-state index is 12.9. The standard InChI is InChI=1S/C20H21FN2O6S/c1-13(24)15-3-9-18(10-4-15)30(27,28)22-12-11-19(25)29-14(2)20(26)23-17-7-5-16(21)6-8-17/h3-10,14,22H,11-12H2,1-2H3,(H,23,26)/t14-/m1/s1. The molecule has 160 valence electrons. The molecule has 2 N–H and O–H groups in total. The van der Waals surface area contributed by atoms with Crippen molar-refractivity contribution >= 4 is 33.4 Å². The third-order valence-corrected chi connectivity index (χ3v) is 5.46. The molecule has 30 heavy (non-hydrogen) atoms. The summed E-state index contributed by atoms with van der Waals surface area (Å²) in [5.74, 6) is -2.02. The molecule has 1 amide bonds. The van der Waals surface area contributed by atoms with Gasteiger partial charge in [-0.3, -0.25) is 14.4 Å². The first-order valence-electron chi connectivity index (χ1n) is 8.95. The third kappa shape index (κ3) is 6.75. The average Bonchev–Trinajstić information content (AvgIpc) is 2.69. The van der Waals surface area contributed by atoms with Crippen molar-refractivity contribution in [2.45, 2.75) is 31.3 Å². The normalized spacial score (nSPS) is 12.1. The number of anilines is 1. The largest absolute Gasteiger partial charge is 0.452 e. The lowest BCUT2D eigenvalue weighted by Crippen LogP contribution is -2.32. The number of esters is 1. The fourth-order valence-electron chi connectivity index (χ4n) is 2.33. The Balaban J connectivity index is 1.81. The van der Waals surface area contributed by atoms with Gasteiger partial charge in [-0.25, -0.2) is 17.5 Å². The molecule has 0 fully saturated rings. The molecule has 0 aliphatic rings. The van der Waals surface area contributed by atoms with E-state index in [2.05, 4.69) is 10.0 Å². The molecule has 0 aliphatic carbocycles. The van der Waals surface area contributed by atoms with Crippen LogP contribution >= 0.6 is 0 Å². The number of hydrogen-bond acceptors (Lipinski definition) is 6. The predicted molar refractivity (Wildman–Crippen MR) is 107 cm³/mol. The molecule has 8 nitrogen and oxygen atoms in total. The van der Waals surface area contributed by atoms with E-state index in [9.17, 15) is 27.2 Å². The number of halogens is 1. The minimum Gasteiger partial charge on any atom is -0.452 e. The van der Waals surface area contributed by atoms with Crippen LogP contribution in [-0.2, 0) is 24.3 Å². The summed E-state index contributed by atoms with van der Waals surface area (Å²) in [6.07, 6.45) is -1.42. The molecule has 0 bridgehead atoms. The maximum Gasteiger partial charge on any atom is 0.307 e. The van der Waals surface area contributed by atoms with Gasteiger partial charge in [-0.2, -0.15) is 0 Å². The van der Waals surface area contributed by atoms with Crippen LogP contribution in [0, 0.1) is 5.82 Å². The van der Waals surface area contributed by atoms with Crippen molar-refractivity contribution in [2.75, 3.05) is 11.9 Å². The Bertz CT molecular complexity index is 1020. The number of carbonyl (C=O) groups excluding carboxylic acids is 3. The Morgan fingerprint density at radius 1 is 1.03 bits per heavy atom. The van der Waals surface area contributed by atoms with Crippen LogP contribution in [0.2, 0.25) is 0 Å². The predicted octanol–water partition coefficient (Wildman–Crippen LogP) is 2.27. The highest BCUT2D eigenvalue weighted by molar-refractivity contribution is 7.89. The highest BCUT2D eigenvalue weighted by atomic mass is 32.2. The van der Waals surface area contributed by atoms with Crippen LogP contribution in [0.3, 0.4) is 0 Å². The van der Waals surface area contributed by atoms with Gasteiger partial charge in [0.25, 0.3) is 5.91 Å². The zero-order valence-electron chi connectivity index (χ0n) is 16.3. The van der Waals surface area contributed by atoms with Gasteiger partial charge in [0.05, 0.1) is 11.3 Å². The molecule has 0 saturated heterocycles. The molecule has 0 aromatic heterocycles. The van der Waals surface area contributed by atoms with Crippen LogP contribution in [0.4, 0.5) is 10.1 Å². The highest BCUT2D eigenvalue weighted by Crippen LogP contribution is 2.12. The molecule has 2 aromatic rings. The summed E-state index contributed by atoms with van der Waals surface area (Å²) in [6.45, 7) is 2.49. The summed E-state index contributed by atoms with van der Waals surface area (Å²) >= 11 is 0. The van der Waals surface area contributed by atoms with Crippen molar-refractivity contribution in [2.24, 2.45) is 0 Å². The van der Waals surface area contributed by atoms with Crippen LogP contribution in [0.5, 0.6) is 0 Å². The van der Waals surface area contributed by atoms with Gasteiger partial charge in [0, 0.05) is 17.8 Å². The number of ether oxygens (including phenoxy) is 1. The SMILES string of the molecule is CC(=O)c1ccc(S(=O)(=O)NCCC(=O)O[C@H](C)C(=O)Nc2ccc(F)cc2)cc1. The van der Waals surface area contributed by atoms with Crippen molar-refractivity contribution in [1.29, 1.82) is 0 Å². The summed E-state index contributed by atoms with van der Waals surface area (Å²) in [6, 6.07) is 10.4. The van der Waals surface area contributed by atoms with Crippen LogP contribution in [-0.4, -0.2) is 38.7 Å². The van der Waals surface area contributed by atoms with Crippen LogP contribution in [0.15, 0.2) is 53.4 Å². The van der Waals surface area contributed by atoms with Gasteiger partial charge >= 0.3 is 5.97 Å². The number of Topliss-reactive ketones (excluding diaryl/α,β-unsaturated/α-hetero) is 1. The first kappa shape index (κ1) is 23.2. The minimum atomic E-state index is -3.87. The van der Waals surface area contributed by atoms with Crippen molar-refractivity contribution < 1.29 is 31.9 Å². The molecular formula is C20H21FN2O6S. The summed E-state index contributed by atoms with van der Waals surface area (Å²) in [5, 5.41) is 2.47. The first-order valence-corrected chi connectivity index (χ1v) is 10.4. The summed E-state index contributed by atoms with van der Waals surface area (Å²) in [4.78, 5) is 35.1. The molecule has 0 radical (unpaired) electrons. The van der Waals surface area contributed by atoms with E-state index in [0.717, 1.165) is 0 Å². The van der Waals surface area contributed by atoms with Gasteiger partial charge in [0.15, 0.2) is 11.9 Å². The van der Waals surface area contributed by atoms with E-state index in [1.165, 1.54) is 62.4 Å². The number of hydrogen-bond donors (Lipinski definition) is 2. The molecule has 2 rings (SSSR count). The van der Waals surface area contributed by atoms with E-state index in [-0.39, 0.29) is 23.6 Å². The van der Waals surface area contributed by atoms with E-state index >= 15 is 0 Å². The molecule has 0 heterocycles. The zero-order valence-corrected chi connectivity index (χ0v) is 17.2. The molecule has 10 heteroatoms. The Morgan fingerprint density at radius 2 is 1.63 bits per heavy atom. The third-order valence-electron chi connectivity index (χ3n) is 3.98. The van der Waals surface area contributed by atoms with Crippen molar-refractivity contribution in [3.63, 3.8) is 0 Å². The second-order valence-electron chi connectivity index (χ2n) is 6.36. The number of carbonyl (C=O) groups is 3. The lowest BCUT2D eigenvalue weighted by Gasteiger charge is -2.14. The zero-order chi connectivity index (χ0) is 22.3. The fraction of sp³-hybridized carbons (Fsp3) is 0.250. The van der Waals surface area contributed by atoms with Crippen molar-refractivity contribution in [3.05, 3.63) is 59.9 Å². The Hall–Kier alpha value is -3.11. The van der Waals surface area contributed by atoms with Crippen molar-refractivity contribution in [3.8, 4) is 0 Å². The molecule has 0 aliphatic heterocycles. The lowest BCUT2D eigenvalue weighted by molar-refractivity contribution is -0.152. The summed E-state index contributed by atoms with van der Waals surface area (Å²) < 4.78 is 44.5.